The monoisotopic (exact) mass is 268 g/mol. The van der Waals surface area contributed by atoms with Crippen LogP contribution in [0.5, 0.6) is 0 Å². The Balaban J connectivity index is 1.87. The number of rotatable bonds is 6. The van der Waals surface area contributed by atoms with E-state index in [1.807, 2.05) is 0 Å². The fourth-order valence-electron chi connectivity index (χ4n) is 3.29. The SMILES string of the molecule is NCC1CCC(C(=O)N(CCCO)C2CCC2)CC1. The molecule has 0 aliphatic heterocycles. The van der Waals surface area contributed by atoms with E-state index < -0.39 is 0 Å². The molecule has 2 aliphatic rings. The van der Waals surface area contributed by atoms with Crippen LogP contribution in [0.4, 0.5) is 0 Å². The van der Waals surface area contributed by atoms with Crippen LogP contribution < -0.4 is 5.73 Å². The fourth-order valence-corrected chi connectivity index (χ4v) is 3.29. The lowest BCUT2D eigenvalue weighted by Gasteiger charge is -2.40. The number of nitrogens with two attached hydrogens (primary N) is 1. The predicted molar refractivity (Wildman–Crippen MR) is 75.6 cm³/mol. The standard InChI is InChI=1S/C15H28N2O2/c16-11-12-5-7-13(8-6-12)15(19)17(9-2-10-18)14-3-1-4-14/h12-14,18H,1-11,16H2. The Morgan fingerprint density at radius 1 is 1.16 bits per heavy atom. The lowest BCUT2D eigenvalue weighted by atomic mass is 9.80. The second-order valence-electron chi connectivity index (χ2n) is 6.15. The van der Waals surface area contributed by atoms with Gasteiger partial charge in [-0.1, -0.05) is 0 Å². The highest BCUT2D eigenvalue weighted by atomic mass is 16.3. The molecule has 0 bridgehead atoms. The first-order valence-electron chi connectivity index (χ1n) is 7.87. The molecule has 0 unspecified atom stereocenters. The number of hydrogen-bond donors (Lipinski definition) is 2. The zero-order valence-corrected chi connectivity index (χ0v) is 11.9. The van der Waals surface area contributed by atoms with E-state index in [1.165, 1.54) is 6.42 Å². The minimum atomic E-state index is 0.177. The molecule has 110 valence electrons. The molecule has 0 radical (unpaired) electrons. The van der Waals surface area contributed by atoms with Gasteiger partial charge in [0.2, 0.25) is 5.91 Å². The topological polar surface area (TPSA) is 66.6 Å². The molecule has 0 atom stereocenters. The first-order chi connectivity index (χ1) is 9.26. The first-order valence-corrected chi connectivity index (χ1v) is 7.87. The van der Waals surface area contributed by atoms with E-state index in [0.717, 1.165) is 51.6 Å². The molecule has 4 nitrogen and oxygen atoms in total. The molecule has 2 fully saturated rings. The number of carbonyl (C=O) groups excluding carboxylic acids is 1. The van der Waals surface area contributed by atoms with Crippen LogP contribution >= 0.6 is 0 Å². The number of aliphatic hydroxyl groups excluding tert-OH is 1. The summed E-state index contributed by atoms with van der Waals surface area (Å²) in [5, 5.41) is 8.99. The molecular weight excluding hydrogens is 240 g/mol. The van der Waals surface area contributed by atoms with Gasteiger partial charge in [-0.3, -0.25) is 4.79 Å². The van der Waals surface area contributed by atoms with Gasteiger partial charge in [-0.25, -0.2) is 0 Å². The zero-order valence-electron chi connectivity index (χ0n) is 11.9. The van der Waals surface area contributed by atoms with Crippen LogP contribution in [0.3, 0.4) is 0 Å². The lowest BCUT2D eigenvalue weighted by molar-refractivity contribution is -0.141. The van der Waals surface area contributed by atoms with Crippen LogP contribution in [0.1, 0.15) is 51.4 Å². The average Bonchev–Trinajstić information content (AvgIpc) is 2.40. The van der Waals surface area contributed by atoms with E-state index in [-0.39, 0.29) is 12.5 Å². The lowest BCUT2D eigenvalue weighted by Crippen LogP contribution is -2.48. The number of aliphatic hydroxyl groups is 1. The van der Waals surface area contributed by atoms with Crippen molar-refractivity contribution in [2.45, 2.75) is 57.4 Å². The summed E-state index contributed by atoms with van der Waals surface area (Å²) in [4.78, 5) is 14.7. The van der Waals surface area contributed by atoms with Crippen molar-refractivity contribution < 1.29 is 9.90 Å². The highest BCUT2D eigenvalue weighted by molar-refractivity contribution is 5.79. The minimum absolute atomic E-state index is 0.177. The van der Waals surface area contributed by atoms with Gasteiger partial charge in [-0.05, 0) is 63.8 Å². The maximum absolute atomic E-state index is 12.6. The molecule has 0 saturated heterocycles. The Labute approximate surface area is 116 Å². The van der Waals surface area contributed by atoms with Crippen molar-refractivity contribution in [1.82, 2.24) is 4.90 Å². The van der Waals surface area contributed by atoms with Crippen molar-refractivity contribution in [3.63, 3.8) is 0 Å². The van der Waals surface area contributed by atoms with Crippen LogP contribution in [0.2, 0.25) is 0 Å². The number of carbonyl (C=O) groups is 1. The van der Waals surface area contributed by atoms with Crippen LogP contribution in [-0.4, -0.2) is 41.7 Å². The molecule has 2 aliphatic carbocycles. The van der Waals surface area contributed by atoms with Gasteiger partial charge in [-0.15, -0.1) is 0 Å². The van der Waals surface area contributed by atoms with Gasteiger partial charge in [0.1, 0.15) is 0 Å². The van der Waals surface area contributed by atoms with Gasteiger partial charge in [0.05, 0.1) is 0 Å². The van der Waals surface area contributed by atoms with Crippen LogP contribution in [0.25, 0.3) is 0 Å². The van der Waals surface area contributed by atoms with Crippen LogP contribution in [0, 0.1) is 11.8 Å². The largest absolute Gasteiger partial charge is 0.396 e. The maximum Gasteiger partial charge on any atom is 0.225 e. The second kappa shape index (κ2) is 7.25. The molecule has 19 heavy (non-hydrogen) atoms. The number of nitrogens with zero attached hydrogens (tertiary/aromatic N) is 1. The molecule has 0 aromatic heterocycles. The fraction of sp³-hybridized carbons (Fsp3) is 0.933. The van der Waals surface area contributed by atoms with Crippen molar-refractivity contribution in [2.24, 2.45) is 17.6 Å². The Hall–Kier alpha value is -0.610. The molecule has 0 aromatic carbocycles. The van der Waals surface area contributed by atoms with E-state index in [2.05, 4.69) is 4.90 Å². The summed E-state index contributed by atoms with van der Waals surface area (Å²) in [6, 6.07) is 0.450. The number of hydrogen-bond acceptors (Lipinski definition) is 3. The second-order valence-corrected chi connectivity index (χ2v) is 6.15. The first kappa shape index (κ1) is 14.8. The van der Waals surface area contributed by atoms with Crippen LogP contribution in [0.15, 0.2) is 0 Å². The van der Waals surface area contributed by atoms with Crippen LogP contribution in [-0.2, 0) is 4.79 Å². The highest BCUT2D eigenvalue weighted by Crippen LogP contribution is 2.32. The summed E-state index contributed by atoms with van der Waals surface area (Å²) < 4.78 is 0. The quantitative estimate of drug-likeness (QED) is 0.767. The van der Waals surface area contributed by atoms with Gasteiger partial charge >= 0.3 is 0 Å². The van der Waals surface area contributed by atoms with Crippen molar-refractivity contribution >= 4 is 5.91 Å². The average molecular weight is 268 g/mol. The van der Waals surface area contributed by atoms with Gasteiger partial charge in [-0.2, -0.15) is 0 Å². The zero-order chi connectivity index (χ0) is 13.7. The maximum atomic E-state index is 12.6. The third kappa shape index (κ3) is 3.69. The summed E-state index contributed by atoms with van der Waals surface area (Å²) >= 11 is 0. The van der Waals surface area contributed by atoms with Crippen molar-refractivity contribution in [1.29, 1.82) is 0 Å². The molecule has 4 heteroatoms. The highest BCUT2D eigenvalue weighted by Gasteiger charge is 2.34. The van der Waals surface area contributed by atoms with E-state index in [4.69, 9.17) is 10.8 Å². The summed E-state index contributed by atoms with van der Waals surface area (Å²) in [5.74, 6) is 1.18. The summed E-state index contributed by atoms with van der Waals surface area (Å²) in [7, 11) is 0. The molecule has 0 heterocycles. The van der Waals surface area contributed by atoms with Crippen molar-refractivity contribution in [2.75, 3.05) is 19.7 Å². The molecule has 3 N–H and O–H groups in total. The Morgan fingerprint density at radius 3 is 2.32 bits per heavy atom. The summed E-state index contributed by atoms with van der Waals surface area (Å²) in [6.07, 6.45) is 8.46. The summed E-state index contributed by atoms with van der Waals surface area (Å²) in [5.41, 5.74) is 5.71. The Kier molecular flexibility index (Phi) is 5.64. The number of amides is 1. The molecule has 2 saturated carbocycles. The van der Waals surface area contributed by atoms with Crippen molar-refractivity contribution in [3.8, 4) is 0 Å². The Bertz CT molecular complexity index is 284. The van der Waals surface area contributed by atoms with Gasteiger partial charge in [0, 0.05) is 25.1 Å². The van der Waals surface area contributed by atoms with E-state index >= 15 is 0 Å². The predicted octanol–water partition coefficient (Wildman–Crippen LogP) is 1.51. The molecular formula is C15H28N2O2. The van der Waals surface area contributed by atoms with Crippen molar-refractivity contribution in [3.05, 3.63) is 0 Å². The molecule has 0 spiro atoms. The normalized spacial score (nSPS) is 27.9. The molecule has 2 rings (SSSR count). The third-order valence-corrected chi connectivity index (χ3v) is 4.89. The van der Waals surface area contributed by atoms with Gasteiger partial charge in [0.25, 0.3) is 0 Å². The van der Waals surface area contributed by atoms with E-state index in [9.17, 15) is 4.79 Å². The minimum Gasteiger partial charge on any atom is -0.396 e. The van der Waals surface area contributed by atoms with Gasteiger partial charge < -0.3 is 15.7 Å². The summed E-state index contributed by atoms with van der Waals surface area (Å²) in [6.45, 7) is 1.67. The van der Waals surface area contributed by atoms with E-state index in [1.54, 1.807) is 0 Å². The molecule has 1 amide bonds. The Morgan fingerprint density at radius 2 is 1.84 bits per heavy atom. The molecule has 0 aromatic rings. The van der Waals surface area contributed by atoms with E-state index in [0.29, 0.717) is 24.3 Å². The van der Waals surface area contributed by atoms with Gasteiger partial charge in [0.15, 0.2) is 0 Å². The third-order valence-electron chi connectivity index (χ3n) is 4.89. The smallest absolute Gasteiger partial charge is 0.225 e.